The van der Waals surface area contributed by atoms with Crippen molar-refractivity contribution in [3.8, 4) is 0 Å². The third kappa shape index (κ3) is 1.96. The Morgan fingerprint density at radius 3 is 2.44 bits per heavy atom. The number of nitrogens with two attached hydrogens (primary N) is 1. The van der Waals surface area contributed by atoms with E-state index in [1.165, 1.54) is 12.8 Å². The van der Waals surface area contributed by atoms with Crippen LogP contribution in [0, 0.1) is 6.92 Å². The van der Waals surface area contributed by atoms with Crippen LogP contribution in [0.3, 0.4) is 0 Å². The fourth-order valence-corrected chi connectivity index (χ4v) is 3.82. The van der Waals surface area contributed by atoms with E-state index in [0.717, 1.165) is 35.8 Å². The molecule has 100 valence electrons. The van der Waals surface area contributed by atoms with Gasteiger partial charge in [0.15, 0.2) is 0 Å². The first-order valence-electron chi connectivity index (χ1n) is 6.75. The van der Waals surface area contributed by atoms with Crippen molar-refractivity contribution in [1.29, 1.82) is 0 Å². The van der Waals surface area contributed by atoms with Crippen molar-refractivity contribution in [2.75, 3.05) is 0 Å². The molecule has 2 fully saturated rings. The molecule has 0 radical (unpaired) electrons. The third-order valence-corrected chi connectivity index (χ3v) is 5.01. The van der Waals surface area contributed by atoms with Gasteiger partial charge in [-0.1, -0.05) is 11.6 Å². The van der Waals surface area contributed by atoms with Crippen molar-refractivity contribution < 1.29 is 0 Å². The van der Waals surface area contributed by atoms with Crippen LogP contribution in [0.25, 0.3) is 0 Å². The second-order valence-corrected chi connectivity index (χ2v) is 6.14. The van der Waals surface area contributed by atoms with Gasteiger partial charge in [-0.15, -0.1) is 0 Å². The van der Waals surface area contributed by atoms with E-state index in [4.69, 9.17) is 17.3 Å². The zero-order valence-corrected chi connectivity index (χ0v) is 11.8. The van der Waals surface area contributed by atoms with Crippen LogP contribution in [-0.4, -0.2) is 32.8 Å². The van der Waals surface area contributed by atoms with Gasteiger partial charge in [0.1, 0.15) is 0 Å². The average Bonchev–Trinajstić information content (AvgIpc) is 2.68. The quantitative estimate of drug-likeness (QED) is 0.890. The Hall–Kier alpha value is -0.580. The van der Waals surface area contributed by atoms with Crippen molar-refractivity contribution in [1.82, 2.24) is 14.7 Å². The second-order valence-electron chi connectivity index (χ2n) is 5.76. The zero-order chi connectivity index (χ0) is 12.9. The highest BCUT2D eigenvalue weighted by Gasteiger charge is 2.40. The minimum Gasteiger partial charge on any atom is -0.328 e. The minimum absolute atomic E-state index is 0.391. The fraction of sp³-hybridized carbons (Fsp3) is 0.769. The summed E-state index contributed by atoms with van der Waals surface area (Å²) < 4.78 is 1.92. The van der Waals surface area contributed by atoms with E-state index < -0.39 is 0 Å². The normalized spacial score (nSPS) is 32.1. The summed E-state index contributed by atoms with van der Waals surface area (Å²) in [5.74, 6) is 0. The van der Waals surface area contributed by atoms with E-state index in [9.17, 15) is 0 Å². The predicted octanol–water partition coefficient (Wildman–Crippen LogP) is 1.84. The van der Waals surface area contributed by atoms with Crippen LogP contribution < -0.4 is 5.73 Å². The lowest BCUT2D eigenvalue weighted by Crippen LogP contribution is -2.47. The lowest BCUT2D eigenvalue weighted by molar-refractivity contribution is 0.117. The SMILES string of the molecule is Cc1nn(C)c(CN2C3CCC2CC(N)C3)c1Cl. The molecule has 2 saturated heterocycles. The van der Waals surface area contributed by atoms with E-state index in [1.54, 1.807) is 0 Å². The number of nitrogens with zero attached hydrogens (tertiary/aromatic N) is 3. The van der Waals surface area contributed by atoms with Crippen molar-refractivity contribution in [3.63, 3.8) is 0 Å². The summed E-state index contributed by atoms with van der Waals surface area (Å²) in [5.41, 5.74) is 8.17. The second kappa shape index (κ2) is 4.51. The Labute approximate surface area is 113 Å². The standard InChI is InChI=1S/C13H21ClN4/c1-8-13(14)12(17(2)16-8)7-18-10-3-4-11(18)6-9(15)5-10/h9-11H,3-7,15H2,1-2H3. The number of halogens is 1. The minimum atomic E-state index is 0.391. The smallest absolute Gasteiger partial charge is 0.0860 e. The maximum atomic E-state index is 6.34. The zero-order valence-electron chi connectivity index (χ0n) is 11.1. The van der Waals surface area contributed by atoms with Crippen molar-refractivity contribution in [3.05, 3.63) is 16.4 Å². The van der Waals surface area contributed by atoms with Crippen molar-refractivity contribution >= 4 is 11.6 Å². The molecule has 2 aliphatic heterocycles. The molecule has 2 bridgehead atoms. The van der Waals surface area contributed by atoms with Crippen LogP contribution >= 0.6 is 11.6 Å². The third-order valence-electron chi connectivity index (χ3n) is 4.51. The van der Waals surface area contributed by atoms with Gasteiger partial charge in [0, 0.05) is 31.7 Å². The molecular formula is C13H21ClN4. The lowest BCUT2D eigenvalue weighted by Gasteiger charge is -2.37. The van der Waals surface area contributed by atoms with E-state index in [0.29, 0.717) is 18.1 Å². The number of hydrogen-bond donors (Lipinski definition) is 1. The topological polar surface area (TPSA) is 47.1 Å². The molecule has 4 nitrogen and oxygen atoms in total. The van der Waals surface area contributed by atoms with Crippen LogP contribution in [0.4, 0.5) is 0 Å². The number of aryl methyl sites for hydroxylation is 2. The molecule has 0 spiro atoms. The summed E-state index contributed by atoms with van der Waals surface area (Å²) in [7, 11) is 1.98. The molecular weight excluding hydrogens is 248 g/mol. The van der Waals surface area contributed by atoms with Gasteiger partial charge >= 0.3 is 0 Å². The maximum Gasteiger partial charge on any atom is 0.0860 e. The molecule has 2 atom stereocenters. The molecule has 0 aromatic carbocycles. The van der Waals surface area contributed by atoms with Crippen molar-refractivity contribution in [2.45, 2.75) is 57.3 Å². The highest BCUT2D eigenvalue weighted by atomic mass is 35.5. The lowest BCUT2D eigenvalue weighted by atomic mass is 9.98. The predicted molar refractivity (Wildman–Crippen MR) is 72.5 cm³/mol. The molecule has 3 heterocycles. The first-order valence-corrected chi connectivity index (χ1v) is 7.13. The highest BCUT2D eigenvalue weighted by molar-refractivity contribution is 6.31. The van der Waals surface area contributed by atoms with Gasteiger partial charge in [0.05, 0.1) is 16.4 Å². The van der Waals surface area contributed by atoms with Gasteiger partial charge in [0.25, 0.3) is 0 Å². The molecule has 5 heteroatoms. The Morgan fingerprint density at radius 2 is 1.94 bits per heavy atom. The summed E-state index contributed by atoms with van der Waals surface area (Å²) in [6.07, 6.45) is 4.83. The first kappa shape index (κ1) is 12.5. The van der Waals surface area contributed by atoms with Gasteiger partial charge in [0.2, 0.25) is 0 Å². The summed E-state index contributed by atoms with van der Waals surface area (Å²) >= 11 is 6.34. The van der Waals surface area contributed by atoms with Crippen LogP contribution in [0.5, 0.6) is 0 Å². The molecule has 2 unspecified atom stereocenters. The van der Waals surface area contributed by atoms with Gasteiger partial charge in [-0.2, -0.15) is 5.10 Å². The molecule has 0 aliphatic carbocycles. The molecule has 2 aliphatic rings. The van der Waals surface area contributed by atoms with Gasteiger partial charge in [-0.25, -0.2) is 0 Å². The van der Waals surface area contributed by atoms with Gasteiger partial charge in [-0.3, -0.25) is 9.58 Å². The fourth-order valence-electron chi connectivity index (χ4n) is 3.60. The van der Waals surface area contributed by atoms with Crippen LogP contribution in [0.1, 0.15) is 37.1 Å². The van der Waals surface area contributed by atoms with Crippen LogP contribution in [-0.2, 0) is 13.6 Å². The monoisotopic (exact) mass is 268 g/mol. The Bertz CT molecular complexity index is 442. The van der Waals surface area contributed by atoms with Gasteiger partial charge < -0.3 is 5.73 Å². The number of piperidine rings is 1. The summed E-state index contributed by atoms with van der Waals surface area (Å²) in [5, 5.41) is 5.22. The molecule has 18 heavy (non-hydrogen) atoms. The molecule has 0 saturated carbocycles. The van der Waals surface area contributed by atoms with Gasteiger partial charge in [-0.05, 0) is 32.6 Å². The maximum absolute atomic E-state index is 6.34. The van der Waals surface area contributed by atoms with E-state index in [1.807, 2.05) is 18.7 Å². The summed E-state index contributed by atoms with van der Waals surface area (Å²) in [6.45, 7) is 2.88. The summed E-state index contributed by atoms with van der Waals surface area (Å²) in [6, 6.07) is 1.68. The Kier molecular flexibility index (Phi) is 3.12. The molecule has 0 amide bonds. The van der Waals surface area contributed by atoms with Crippen LogP contribution in [0.2, 0.25) is 5.02 Å². The average molecular weight is 269 g/mol. The van der Waals surface area contributed by atoms with Crippen molar-refractivity contribution in [2.24, 2.45) is 12.8 Å². The number of rotatable bonds is 2. The van der Waals surface area contributed by atoms with E-state index in [2.05, 4.69) is 10.00 Å². The van der Waals surface area contributed by atoms with E-state index >= 15 is 0 Å². The largest absolute Gasteiger partial charge is 0.328 e. The number of hydrogen-bond acceptors (Lipinski definition) is 3. The molecule has 1 aromatic heterocycles. The number of aromatic nitrogens is 2. The number of fused-ring (bicyclic) bond motifs is 2. The Morgan fingerprint density at radius 1 is 1.33 bits per heavy atom. The highest BCUT2D eigenvalue weighted by Crippen LogP contribution is 2.37. The molecule has 3 rings (SSSR count). The molecule has 1 aromatic rings. The molecule has 2 N–H and O–H groups in total. The van der Waals surface area contributed by atoms with Crippen LogP contribution in [0.15, 0.2) is 0 Å². The summed E-state index contributed by atoms with van der Waals surface area (Å²) in [4.78, 5) is 2.59. The van der Waals surface area contributed by atoms with E-state index in [-0.39, 0.29) is 0 Å². The first-order chi connectivity index (χ1) is 8.56. The Balaban J connectivity index is 1.81.